The van der Waals surface area contributed by atoms with Crippen LogP contribution in [-0.2, 0) is 0 Å². The molecule has 0 aromatic heterocycles. The van der Waals surface area contributed by atoms with Gasteiger partial charge in [0.05, 0.1) is 5.60 Å². The summed E-state index contributed by atoms with van der Waals surface area (Å²) in [6, 6.07) is 4.21. The fourth-order valence-corrected chi connectivity index (χ4v) is 1.30. The Morgan fingerprint density at radius 3 is 2.67 bits per heavy atom. The third kappa shape index (κ3) is 4.06. The second kappa shape index (κ2) is 4.81. The van der Waals surface area contributed by atoms with Crippen LogP contribution in [0, 0.1) is 5.82 Å². The zero-order chi connectivity index (χ0) is 11.5. The first-order valence-electron chi connectivity index (χ1n) is 4.85. The molecule has 0 spiro atoms. The summed E-state index contributed by atoms with van der Waals surface area (Å²) < 4.78 is 12.9. The molecule has 0 fully saturated rings. The van der Waals surface area contributed by atoms with E-state index in [0.29, 0.717) is 23.7 Å². The van der Waals surface area contributed by atoms with Crippen molar-refractivity contribution in [1.29, 1.82) is 0 Å². The highest BCUT2D eigenvalue weighted by atomic mass is 35.5. The summed E-state index contributed by atoms with van der Waals surface area (Å²) in [7, 11) is 0. The van der Waals surface area contributed by atoms with E-state index in [0.717, 1.165) is 0 Å². The van der Waals surface area contributed by atoms with Crippen LogP contribution in [0.4, 0.5) is 10.1 Å². The second-order valence-electron chi connectivity index (χ2n) is 3.86. The van der Waals surface area contributed by atoms with Gasteiger partial charge in [0, 0.05) is 17.3 Å². The lowest BCUT2D eigenvalue weighted by molar-refractivity contribution is 0.0697. The molecule has 0 aliphatic rings. The average molecular weight is 232 g/mol. The number of aliphatic hydroxyl groups is 1. The highest BCUT2D eigenvalue weighted by molar-refractivity contribution is 6.30. The number of hydrogen-bond acceptors (Lipinski definition) is 2. The largest absolute Gasteiger partial charge is 0.388 e. The lowest BCUT2D eigenvalue weighted by Crippen LogP contribution is -2.32. The SMILES string of the molecule is CCC(C)(O)CNc1cc(F)cc(Cl)c1. The van der Waals surface area contributed by atoms with Crippen LogP contribution in [0.1, 0.15) is 20.3 Å². The number of anilines is 1. The first-order valence-corrected chi connectivity index (χ1v) is 5.23. The van der Waals surface area contributed by atoms with Gasteiger partial charge in [-0.3, -0.25) is 0 Å². The molecule has 0 saturated heterocycles. The Kier molecular flexibility index (Phi) is 3.94. The highest BCUT2D eigenvalue weighted by Crippen LogP contribution is 2.19. The third-order valence-electron chi connectivity index (χ3n) is 2.30. The van der Waals surface area contributed by atoms with Gasteiger partial charge >= 0.3 is 0 Å². The number of benzene rings is 1. The van der Waals surface area contributed by atoms with Gasteiger partial charge in [0.1, 0.15) is 5.82 Å². The zero-order valence-electron chi connectivity index (χ0n) is 8.85. The molecule has 15 heavy (non-hydrogen) atoms. The molecule has 0 heterocycles. The fraction of sp³-hybridized carbons (Fsp3) is 0.455. The Bertz CT molecular complexity index is 321. The van der Waals surface area contributed by atoms with Crippen LogP contribution >= 0.6 is 11.6 Å². The van der Waals surface area contributed by atoms with Crippen molar-refractivity contribution < 1.29 is 9.50 Å². The number of nitrogens with one attached hydrogen (secondary N) is 1. The molecular weight excluding hydrogens is 217 g/mol. The number of halogens is 2. The summed E-state index contributed by atoms with van der Waals surface area (Å²) in [6.07, 6.45) is 0.628. The van der Waals surface area contributed by atoms with Crippen LogP contribution in [0.2, 0.25) is 5.02 Å². The molecule has 1 unspecified atom stereocenters. The van der Waals surface area contributed by atoms with Gasteiger partial charge < -0.3 is 10.4 Å². The van der Waals surface area contributed by atoms with Gasteiger partial charge in [-0.1, -0.05) is 18.5 Å². The summed E-state index contributed by atoms with van der Waals surface area (Å²) in [5.41, 5.74) is -0.215. The Balaban J connectivity index is 2.65. The third-order valence-corrected chi connectivity index (χ3v) is 2.52. The van der Waals surface area contributed by atoms with E-state index in [9.17, 15) is 9.50 Å². The highest BCUT2D eigenvalue weighted by Gasteiger charge is 2.16. The molecule has 1 aromatic carbocycles. The molecule has 0 amide bonds. The fourth-order valence-electron chi connectivity index (χ4n) is 1.07. The Morgan fingerprint density at radius 1 is 1.47 bits per heavy atom. The molecule has 2 N–H and O–H groups in total. The van der Waals surface area contributed by atoms with E-state index in [1.165, 1.54) is 12.1 Å². The summed E-state index contributed by atoms with van der Waals surface area (Å²) in [5, 5.41) is 13.0. The number of hydrogen-bond donors (Lipinski definition) is 2. The van der Waals surface area contributed by atoms with Crippen molar-refractivity contribution in [3.8, 4) is 0 Å². The van der Waals surface area contributed by atoms with Crippen LogP contribution in [-0.4, -0.2) is 17.3 Å². The van der Waals surface area contributed by atoms with E-state index < -0.39 is 5.60 Å². The van der Waals surface area contributed by atoms with E-state index in [2.05, 4.69) is 5.32 Å². The Morgan fingerprint density at radius 2 is 2.13 bits per heavy atom. The molecular formula is C11H15ClFNO. The van der Waals surface area contributed by atoms with Crippen molar-refractivity contribution in [2.24, 2.45) is 0 Å². The van der Waals surface area contributed by atoms with Crippen LogP contribution in [0.5, 0.6) is 0 Å². The first-order chi connectivity index (χ1) is 6.93. The summed E-state index contributed by atoms with van der Waals surface area (Å²) in [6.45, 7) is 3.98. The second-order valence-corrected chi connectivity index (χ2v) is 4.30. The molecule has 1 atom stereocenters. The predicted molar refractivity (Wildman–Crippen MR) is 60.8 cm³/mol. The molecule has 0 radical (unpaired) electrons. The first kappa shape index (κ1) is 12.3. The molecule has 0 saturated carbocycles. The summed E-state index contributed by atoms with van der Waals surface area (Å²) in [4.78, 5) is 0. The van der Waals surface area contributed by atoms with Crippen LogP contribution in [0.25, 0.3) is 0 Å². The van der Waals surface area contributed by atoms with E-state index >= 15 is 0 Å². The molecule has 4 heteroatoms. The smallest absolute Gasteiger partial charge is 0.126 e. The van der Waals surface area contributed by atoms with Crippen molar-refractivity contribution in [2.75, 3.05) is 11.9 Å². The van der Waals surface area contributed by atoms with Gasteiger partial charge in [-0.05, 0) is 31.5 Å². The number of rotatable bonds is 4. The van der Waals surface area contributed by atoms with Gasteiger partial charge in [0.25, 0.3) is 0 Å². The van der Waals surface area contributed by atoms with Crippen molar-refractivity contribution >= 4 is 17.3 Å². The van der Waals surface area contributed by atoms with Crippen LogP contribution < -0.4 is 5.32 Å². The maximum Gasteiger partial charge on any atom is 0.126 e. The summed E-state index contributed by atoms with van der Waals surface area (Å²) >= 11 is 5.69. The van der Waals surface area contributed by atoms with Gasteiger partial charge in [-0.2, -0.15) is 0 Å². The van der Waals surface area contributed by atoms with Gasteiger partial charge in [0.15, 0.2) is 0 Å². The molecule has 0 aliphatic carbocycles. The van der Waals surface area contributed by atoms with Crippen molar-refractivity contribution in [3.63, 3.8) is 0 Å². The van der Waals surface area contributed by atoms with Crippen LogP contribution in [0.15, 0.2) is 18.2 Å². The molecule has 84 valence electrons. The Hall–Kier alpha value is -0.800. The molecule has 0 aliphatic heterocycles. The molecule has 1 aromatic rings. The van der Waals surface area contributed by atoms with E-state index in [1.54, 1.807) is 13.0 Å². The van der Waals surface area contributed by atoms with E-state index in [4.69, 9.17) is 11.6 Å². The van der Waals surface area contributed by atoms with Gasteiger partial charge in [-0.25, -0.2) is 4.39 Å². The standard InChI is InChI=1S/C11H15ClFNO/c1-3-11(2,15)7-14-10-5-8(12)4-9(13)6-10/h4-6,14-15H,3,7H2,1-2H3. The zero-order valence-corrected chi connectivity index (χ0v) is 9.61. The van der Waals surface area contributed by atoms with E-state index in [-0.39, 0.29) is 5.82 Å². The lowest BCUT2D eigenvalue weighted by Gasteiger charge is -2.22. The molecule has 1 rings (SSSR count). The predicted octanol–water partition coefficient (Wildman–Crippen LogP) is 3.05. The monoisotopic (exact) mass is 231 g/mol. The van der Waals surface area contributed by atoms with Crippen molar-refractivity contribution in [2.45, 2.75) is 25.9 Å². The normalized spacial score (nSPS) is 14.7. The summed E-state index contributed by atoms with van der Waals surface area (Å²) in [5.74, 6) is -0.388. The van der Waals surface area contributed by atoms with Gasteiger partial charge in [0.2, 0.25) is 0 Å². The van der Waals surface area contributed by atoms with E-state index in [1.807, 2.05) is 6.92 Å². The topological polar surface area (TPSA) is 32.3 Å². The quantitative estimate of drug-likeness (QED) is 0.835. The molecule has 2 nitrogen and oxygen atoms in total. The minimum absolute atomic E-state index is 0.341. The maximum absolute atomic E-state index is 12.9. The van der Waals surface area contributed by atoms with Crippen molar-refractivity contribution in [3.05, 3.63) is 29.0 Å². The Labute approximate surface area is 94.1 Å². The maximum atomic E-state index is 12.9. The minimum Gasteiger partial charge on any atom is -0.388 e. The minimum atomic E-state index is -0.793. The average Bonchev–Trinajstić information content (AvgIpc) is 2.14. The lowest BCUT2D eigenvalue weighted by atomic mass is 10.0. The van der Waals surface area contributed by atoms with Crippen LogP contribution in [0.3, 0.4) is 0 Å². The molecule has 0 bridgehead atoms. The van der Waals surface area contributed by atoms with Crippen molar-refractivity contribution in [1.82, 2.24) is 0 Å². The van der Waals surface area contributed by atoms with Gasteiger partial charge in [-0.15, -0.1) is 0 Å².